The third-order valence-corrected chi connectivity index (χ3v) is 1.70. The Kier molecular flexibility index (Phi) is 6.75. The number of hydrogen-bond donors (Lipinski definition) is 3. The van der Waals surface area contributed by atoms with Crippen LogP contribution in [0.2, 0.25) is 0 Å². The molecule has 4 nitrogen and oxygen atoms in total. The maximum atomic E-state index is 8.43. The van der Waals surface area contributed by atoms with Crippen LogP contribution in [0, 0.1) is 11.8 Å². The fourth-order valence-corrected chi connectivity index (χ4v) is 0.962. The van der Waals surface area contributed by atoms with Crippen LogP contribution in [-0.2, 0) is 0 Å². The first-order chi connectivity index (χ1) is 6.26. The number of nitrogens with one attached hydrogen (secondary N) is 1. The maximum absolute atomic E-state index is 8.43. The lowest BCUT2D eigenvalue weighted by atomic mass is 10.2. The van der Waals surface area contributed by atoms with Crippen LogP contribution in [0.5, 0.6) is 0 Å². The third kappa shape index (κ3) is 5.10. The quantitative estimate of drug-likeness (QED) is 0.145. The van der Waals surface area contributed by atoms with Crippen LogP contribution in [0.25, 0.3) is 0 Å². The topological polar surface area (TPSA) is 70.6 Å². The van der Waals surface area contributed by atoms with E-state index in [0.29, 0.717) is 0 Å². The van der Waals surface area contributed by atoms with Crippen molar-refractivity contribution >= 4 is 5.84 Å². The number of amidine groups is 1. The van der Waals surface area contributed by atoms with Gasteiger partial charge in [0.1, 0.15) is 0 Å². The highest BCUT2D eigenvalue weighted by Gasteiger charge is 2.08. The van der Waals surface area contributed by atoms with Gasteiger partial charge in [-0.2, -0.15) is 0 Å². The molecule has 0 aliphatic heterocycles. The van der Waals surface area contributed by atoms with Gasteiger partial charge < -0.3 is 16.3 Å². The van der Waals surface area contributed by atoms with Gasteiger partial charge in [-0.25, -0.2) is 0 Å². The molecule has 0 aromatic heterocycles. The van der Waals surface area contributed by atoms with Crippen LogP contribution in [0.1, 0.15) is 26.7 Å². The summed E-state index contributed by atoms with van der Waals surface area (Å²) in [6.07, 6.45) is 1.58. The SMILES string of the molecule is CC#CCCNC(CC)C(N)=NO. The summed E-state index contributed by atoms with van der Waals surface area (Å²) in [4.78, 5) is 0. The number of nitrogens with two attached hydrogens (primary N) is 1. The van der Waals surface area contributed by atoms with Gasteiger partial charge in [-0.05, 0) is 13.3 Å². The molecule has 0 spiro atoms. The second-order valence-corrected chi connectivity index (χ2v) is 2.62. The molecule has 0 fully saturated rings. The first kappa shape index (κ1) is 11.8. The van der Waals surface area contributed by atoms with Crippen molar-refractivity contribution in [2.24, 2.45) is 10.9 Å². The van der Waals surface area contributed by atoms with Gasteiger partial charge in [-0.1, -0.05) is 12.1 Å². The smallest absolute Gasteiger partial charge is 0.156 e. The lowest BCUT2D eigenvalue weighted by Crippen LogP contribution is -2.41. The number of oxime groups is 1. The maximum Gasteiger partial charge on any atom is 0.156 e. The second-order valence-electron chi connectivity index (χ2n) is 2.62. The molecule has 0 rings (SSSR count). The highest BCUT2D eigenvalue weighted by atomic mass is 16.4. The van der Waals surface area contributed by atoms with Gasteiger partial charge in [-0.15, -0.1) is 11.8 Å². The van der Waals surface area contributed by atoms with Gasteiger partial charge >= 0.3 is 0 Å². The van der Waals surface area contributed by atoms with E-state index in [1.54, 1.807) is 6.92 Å². The van der Waals surface area contributed by atoms with E-state index in [1.807, 2.05) is 6.92 Å². The Morgan fingerprint density at radius 3 is 2.85 bits per heavy atom. The van der Waals surface area contributed by atoms with Gasteiger partial charge in [0.05, 0.1) is 6.04 Å². The molecular weight excluding hydrogens is 166 g/mol. The summed E-state index contributed by atoms with van der Waals surface area (Å²) < 4.78 is 0. The van der Waals surface area contributed by atoms with Crippen LogP contribution in [-0.4, -0.2) is 23.6 Å². The van der Waals surface area contributed by atoms with Crippen molar-refractivity contribution in [3.05, 3.63) is 0 Å². The molecule has 0 aliphatic carbocycles. The van der Waals surface area contributed by atoms with Crippen molar-refractivity contribution < 1.29 is 5.21 Å². The molecule has 1 unspecified atom stereocenters. The molecule has 4 N–H and O–H groups in total. The van der Waals surface area contributed by atoms with Crippen molar-refractivity contribution in [1.82, 2.24) is 5.32 Å². The minimum atomic E-state index is -0.0522. The molecule has 0 bridgehead atoms. The molecule has 0 aromatic rings. The number of rotatable bonds is 5. The van der Waals surface area contributed by atoms with E-state index in [-0.39, 0.29) is 11.9 Å². The minimum Gasteiger partial charge on any atom is -0.409 e. The molecule has 4 heteroatoms. The van der Waals surface area contributed by atoms with E-state index < -0.39 is 0 Å². The summed E-state index contributed by atoms with van der Waals surface area (Å²) in [5.74, 6) is 5.96. The molecule has 0 heterocycles. The minimum absolute atomic E-state index is 0.0522. The molecular formula is C9H17N3O. The van der Waals surface area contributed by atoms with E-state index in [0.717, 1.165) is 19.4 Å². The van der Waals surface area contributed by atoms with Crippen LogP contribution in [0.4, 0.5) is 0 Å². The van der Waals surface area contributed by atoms with Gasteiger partial charge in [0.25, 0.3) is 0 Å². The summed E-state index contributed by atoms with van der Waals surface area (Å²) in [5.41, 5.74) is 5.44. The van der Waals surface area contributed by atoms with Crippen LogP contribution in [0.3, 0.4) is 0 Å². The summed E-state index contributed by atoms with van der Waals surface area (Å²) in [7, 11) is 0. The average Bonchev–Trinajstić information content (AvgIpc) is 2.17. The molecule has 0 radical (unpaired) electrons. The highest BCUT2D eigenvalue weighted by Crippen LogP contribution is 1.90. The Balaban J connectivity index is 3.77. The van der Waals surface area contributed by atoms with Gasteiger partial charge in [-0.3, -0.25) is 0 Å². The summed E-state index contributed by atoms with van der Waals surface area (Å²) in [6.45, 7) is 4.54. The predicted molar refractivity (Wildman–Crippen MR) is 53.6 cm³/mol. The van der Waals surface area contributed by atoms with Gasteiger partial charge in [0.15, 0.2) is 5.84 Å². The van der Waals surface area contributed by atoms with E-state index >= 15 is 0 Å². The molecule has 0 aliphatic rings. The van der Waals surface area contributed by atoms with Crippen LogP contribution in [0.15, 0.2) is 5.16 Å². The van der Waals surface area contributed by atoms with E-state index in [2.05, 4.69) is 22.3 Å². The summed E-state index contributed by atoms with van der Waals surface area (Å²) >= 11 is 0. The number of hydrogen-bond acceptors (Lipinski definition) is 3. The fourth-order valence-electron chi connectivity index (χ4n) is 0.962. The molecule has 0 aromatic carbocycles. The Morgan fingerprint density at radius 2 is 2.38 bits per heavy atom. The van der Waals surface area contributed by atoms with Crippen LogP contribution < -0.4 is 11.1 Å². The first-order valence-electron chi connectivity index (χ1n) is 4.36. The van der Waals surface area contributed by atoms with Crippen molar-refractivity contribution in [3.63, 3.8) is 0 Å². The van der Waals surface area contributed by atoms with Gasteiger partial charge in [0, 0.05) is 13.0 Å². The lowest BCUT2D eigenvalue weighted by Gasteiger charge is -2.13. The summed E-state index contributed by atoms with van der Waals surface area (Å²) in [5, 5.41) is 14.5. The molecule has 0 amide bonds. The van der Waals surface area contributed by atoms with Gasteiger partial charge in [0.2, 0.25) is 0 Å². The normalized spacial score (nSPS) is 13.2. The summed E-state index contributed by atoms with van der Waals surface area (Å²) in [6, 6.07) is -0.0522. The highest BCUT2D eigenvalue weighted by molar-refractivity contribution is 5.85. The Hall–Kier alpha value is -1.21. The second kappa shape index (κ2) is 7.44. The molecule has 0 saturated carbocycles. The fraction of sp³-hybridized carbons (Fsp3) is 0.667. The van der Waals surface area contributed by atoms with Crippen molar-refractivity contribution in [1.29, 1.82) is 0 Å². The molecule has 1 atom stereocenters. The standard InChI is InChI=1S/C9H17N3O/c1-3-5-6-7-11-8(4-2)9(10)12-13/h8,11,13H,4,6-7H2,1-2H3,(H2,10,12). The first-order valence-corrected chi connectivity index (χ1v) is 4.36. The third-order valence-electron chi connectivity index (χ3n) is 1.70. The molecule has 0 saturated heterocycles. The lowest BCUT2D eigenvalue weighted by molar-refractivity contribution is 0.314. The van der Waals surface area contributed by atoms with E-state index in [9.17, 15) is 0 Å². The van der Waals surface area contributed by atoms with E-state index in [4.69, 9.17) is 10.9 Å². The van der Waals surface area contributed by atoms with Crippen LogP contribution >= 0.6 is 0 Å². The molecule has 74 valence electrons. The zero-order chi connectivity index (χ0) is 10.1. The van der Waals surface area contributed by atoms with Crippen molar-refractivity contribution in [3.8, 4) is 11.8 Å². The largest absolute Gasteiger partial charge is 0.409 e. The zero-order valence-corrected chi connectivity index (χ0v) is 8.17. The van der Waals surface area contributed by atoms with Crippen molar-refractivity contribution in [2.75, 3.05) is 6.54 Å². The van der Waals surface area contributed by atoms with Crippen molar-refractivity contribution in [2.45, 2.75) is 32.7 Å². The molecule has 13 heavy (non-hydrogen) atoms. The predicted octanol–water partition coefficient (Wildman–Crippen LogP) is 0.514. The Bertz CT molecular complexity index is 215. The zero-order valence-electron chi connectivity index (χ0n) is 8.17. The Morgan fingerprint density at radius 1 is 1.69 bits per heavy atom. The Labute approximate surface area is 79.2 Å². The number of nitrogens with zero attached hydrogens (tertiary/aromatic N) is 1. The average molecular weight is 183 g/mol. The van der Waals surface area contributed by atoms with E-state index in [1.165, 1.54) is 0 Å². The monoisotopic (exact) mass is 183 g/mol.